The van der Waals surface area contributed by atoms with Crippen LogP contribution in [0.2, 0.25) is 0 Å². The van der Waals surface area contributed by atoms with Crippen molar-refractivity contribution in [3.8, 4) is 0 Å². The summed E-state index contributed by atoms with van der Waals surface area (Å²) in [6, 6.07) is 5.33. The van der Waals surface area contributed by atoms with E-state index in [-0.39, 0.29) is 0 Å². The normalized spacial score (nSPS) is 18.1. The molecule has 0 unspecified atom stereocenters. The van der Waals surface area contributed by atoms with E-state index in [1.54, 1.807) is 21.8 Å². The zero-order chi connectivity index (χ0) is 14.9. The van der Waals surface area contributed by atoms with Gasteiger partial charge in [-0.15, -0.1) is 11.3 Å². The molecule has 2 aromatic rings. The van der Waals surface area contributed by atoms with E-state index in [2.05, 4.69) is 10.1 Å². The standard InChI is InChI=1S/C13H17N3O3S2/c1-11-9-12(14-19-11)10-15-4-6-16(7-5-15)21(17,18)13-3-2-8-20-13/h2-3,8-9H,4-7,10H2,1H3. The smallest absolute Gasteiger partial charge is 0.252 e. The summed E-state index contributed by atoms with van der Waals surface area (Å²) in [5.41, 5.74) is 0.891. The Morgan fingerprint density at radius 3 is 2.67 bits per heavy atom. The predicted molar refractivity (Wildman–Crippen MR) is 79.6 cm³/mol. The highest BCUT2D eigenvalue weighted by Gasteiger charge is 2.29. The molecular formula is C13H17N3O3S2. The summed E-state index contributed by atoms with van der Waals surface area (Å²) in [4.78, 5) is 2.19. The number of hydrogen-bond donors (Lipinski definition) is 0. The minimum atomic E-state index is -3.32. The van der Waals surface area contributed by atoms with E-state index < -0.39 is 10.0 Å². The third-order valence-corrected chi connectivity index (χ3v) is 6.75. The van der Waals surface area contributed by atoms with Crippen LogP contribution in [0.3, 0.4) is 0 Å². The van der Waals surface area contributed by atoms with E-state index in [4.69, 9.17) is 4.52 Å². The van der Waals surface area contributed by atoms with Gasteiger partial charge in [-0.25, -0.2) is 8.42 Å². The fourth-order valence-corrected chi connectivity index (χ4v) is 4.95. The van der Waals surface area contributed by atoms with Gasteiger partial charge in [0.2, 0.25) is 0 Å². The van der Waals surface area contributed by atoms with Crippen LogP contribution in [0.4, 0.5) is 0 Å². The first-order valence-corrected chi connectivity index (χ1v) is 9.06. The second-order valence-electron chi connectivity index (χ2n) is 5.04. The molecule has 0 amide bonds. The molecular weight excluding hydrogens is 310 g/mol. The third-order valence-electron chi connectivity index (χ3n) is 3.48. The fourth-order valence-electron chi connectivity index (χ4n) is 2.39. The number of rotatable bonds is 4. The van der Waals surface area contributed by atoms with E-state index >= 15 is 0 Å². The van der Waals surface area contributed by atoms with Crippen LogP contribution in [0.5, 0.6) is 0 Å². The highest BCUT2D eigenvalue weighted by Crippen LogP contribution is 2.22. The largest absolute Gasteiger partial charge is 0.361 e. The molecule has 1 saturated heterocycles. The molecule has 1 aliphatic heterocycles. The van der Waals surface area contributed by atoms with Crippen molar-refractivity contribution in [1.29, 1.82) is 0 Å². The molecule has 114 valence electrons. The molecule has 0 saturated carbocycles. The van der Waals surface area contributed by atoms with Crippen molar-refractivity contribution < 1.29 is 12.9 Å². The van der Waals surface area contributed by atoms with Gasteiger partial charge in [0, 0.05) is 38.8 Å². The Morgan fingerprint density at radius 2 is 2.10 bits per heavy atom. The minimum absolute atomic E-state index is 0.420. The second-order valence-corrected chi connectivity index (χ2v) is 8.15. The van der Waals surface area contributed by atoms with Gasteiger partial charge in [-0.1, -0.05) is 11.2 Å². The lowest BCUT2D eigenvalue weighted by molar-refractivity contribution is 0.178. The highest BCUT2D eigenvalue weighted by molar-refractivity contribution is 7.91. The first kappa shape index (κ1) is 14.7. The van der Waals surface area contributed by atoms with E-state index in [1.807, 2.05) is 13.0 Å². The van der Waals surface area contributed by atoms with Crippen molar-refractivity contribution in [2.24, 2.45) is 0 Å². The van der Waals surface area contributed by atoms with Crippen LogP contribution in [0, 0.1) is 6.92 Å². The van der Waals surface area contributed by atoms with Crippen LogP contribution in [-0.2, 0) is 16.6 Å². The average molecular weight is 327 g/mol. The van der Waals surface area contributed by atoms with Gasteiger partial charge in [-0.05, 0) is 18.4 Å². The monoisotopic (exact) mass is 327 g/mol. The van der Waals surface area contributed by atoms with E-state index in [0.29, 0.717) is 36.9 Å². The molecule has 1 fully saturated rings. The first-order chi connectivity index (χ1) is 10.1. The topological polar surface area (TPSA) is 66.7 Å². The molecule has 3 rings (SSSR count). The number of nitrogens with zero attached hydrogens (tertiary/aromatic N) is 3. The molecule has 0 bridgehead atoms. The van der Waals surface area contributed by atoms with Crippen molar-refractivity contribution in [2.45, 2.75) is 17.7 Å². The molecule has 2 aromatic heterocycles. The van der Waals surface area contributed by atoms with Gasteiger partial charge in [0.05, 0.1) is 5.69 Å². The quantitative estimate of drug-likeness (QED) is 0.852. The van der Waals surface area contributed by atoms with Crippen LogP contribution in [-0.4, -0.2) is 49.0 Å². The minimum Gasteiger partial charge on any atom is -0.361 e. The Hall–Kier alpha value is -1.22. The van der Waals surface area contributed by atoms with E-state index in [0.717, 1.165) is 11.5 Å². The Morgan fingerprint density at radius 1 is 1.33 bits per heavy atom. The van der Waals surface area contributed by atoms with Crippen LogP contribution >= 0.6 is 11.3 Å². The van der Waals surface area contributed by atoms with Gasteiger partial charge in [0.1, 0.15) is 9.97 Å². The molecule has 0 aromatic carbocycles. The molecule has 8 heteroatoms. The van der Waals surface area contributed by atoms with Gasteiger partial charge in [-0.2, -0.15) is 4.31 Å². The maximum atomic E-state index is 12.4. The molecule has 6 nitrogen and oxygen atoms in total. The van der Waals surface area contributed by atoms with Crippen molar-refractivity contribution >= 4 is 21.4 Å². The van der Waals surface area contributed by atoms with Crippen LogP contribution in [0.1, 0.15) is 11.5 Å². The molecule has 0 N–H and O–H groups in total. The second kappa shape index (κ2) is 5.88. The number of thiophene rings is 1. The van der Waals surface area contributed by atoms with Gasteiger partial charge in [0.25, 0.3) is 10.0 Å². The zero-order valence-corrected chi connectivity index (χ0v) is 13.4. The summed E-state index contributed by atoms with van der Waals surface area (Å²) in [5, 5.41) is 5.76. The van der Waals surface area contributed by atoms with Gasteiger partial charge in [0.15, 0.2) is 0 Å². The number of piperazine rings is 1. The Balaban J connectivity index is 1.60. The van der Waals surface area contributed by atoms with Crippen LogP contribution < -0.4 is 0 Å². The van der Waals surface area contributed by atoms with E-state index in [9.17, 15) is 8.42 Å². The predicted octanol–water partition coefficient (Wildman–Crippen LogP) is 1.55. The maximum absolute atomic E-state index is 12.4. The Labute approximate surface area is 128 Å². The Kier molecular flexibility index (Phi) is 4.12. The maximum Gasteiger partial charge on any atom is 0.252 e. The molecule has 0 spiro atoms. The van der Waals surface area contributed by atoms with Gasteiger partial charge >= 0.3 is 0 Å². The fraction of sp³-hybridized carbons (Fsp3) is 0.462. The summed E-state index contributed by atoms with van der Waals surface area (Å²) in [5.74, 6) is 0.795. The molecule has 1 aliphatic rings. The van der Waals surface area contributed by atoms with Crippen molar-refractivity contribution in [1.82, 2.24) is 14.4 Å². The highest BCUT2D eigenvalue weighted by atomic mass is 32.2. The summed E-state index contributed by atoms with van der Waals surface area (Å²) >= 11 is 1.26. The summed E-state index contributed by atoms with van der Waals surface area (Å²) in [6.07, 6.45) is 0. The van der Waals surface area contributed by atoms with Gasteiger partial charge < -0.3 is 4.52 Å². The average Bonchev–Trinajstić information content (AvgIpc) is 3.11. The van der Waals surface area contributed by atoms with Crippen LogP contribution in [0.15, 0.2) is 32.3 Å². The first-order valence-electron chi connectivity index (χ1n) is 6.74. The molecule has 0 atom stereocenters. The Bertz CT molecular complexity index is 686. The molecule has 0 radical (unpaired) electrons. The lowest BCUT2D eigenvalue weighted by Crippen LogP contribution is -2.48. The number of aromatic nitrogens is 1. The van der Waals surface area contributed by atoms with Crippen molar-refractivity contribution in [2.75, 3.05) is 26.2 Å². The summed E-state index contributed by atoms with van der Waals surface area (Å²) in [7, 11) is -3.32. The van der Waals surface area contributed by atoms with E-state index in [1.165, 1.54) is 11.3 Å². The lowest BCUT2D eigenvalue weighted by Gasteiger charge is -2.33. The number of sulfonamides is 1. The summed E-state index contributed by atoms with van der Waals surface area (Å²) < 4.78 is 31.8. The SMILES string of the molecule is Cc1cc(CN2CCN(S(=O)(=O)c3cccs3)CC2)no1. The molecule has 21 heavy (non-hydrogen) atoms. The molecule has 3 heterocycles. The number of aryl methyl sites for hydroxylation is 1. The van der Waals surface area contributed by atoms with Crippen LogP contribution in [0.25, 0.3) is 0 Å². The van der Waals surface area contributed by atoms with Gasteiger partial charge in [-0.3, -0.25) is 4.90 Å². The number of hydrogen-bond acceptors (Lipinski definition) is 6. The summed E-state index contributed by atoms with van der Waals surface area (Å²) in [6.45, 7) is 4.99. The zero-order valence-electron chi connectivity index (χ0n) is 11.7. The van der Waals surface area contributed by atoms with Crippen molar-refractivity contribution in [3.05, 3.63) is 35.0 Å². The third kappa shape index (κ3) is 3.18. The molecule has 0 aliphatic carbocycles. The van der Waals surface area contributed by atoms with Crippen molar-refractivity contribution in [3.63, 3.8) is 0 Å². The lowest BCUT2D eigenvalue weighted by atomic mass is 10.3.